The largest absolute Gasteiger partial charge is 0.378 e. The van der Waals surface area contributed by atoms with Crippen molar-refractivity contribution in [1.82, 2.24) is 0 Å². The Morgan fingerprint density at radius 1 is 0.958 bits per heavy atom. The van der Waals surface area contributed by atoms with Gasteiger partial charge in [0.05, 0.1) is 6.10 Å². The summed E-state index contributed by atoms with van der Waals surface area (Å²) < 4.78 is 6.14. The molecule has 3 unspecified atom stereocenters. The number of hydrogen-bond acceptors (Lipinski definition) is 2. The average molecular weight is 339 g/mol. The number of rotatable bonds is 15. The summed E-state index contributed by atoms with van der Waals surface area (Å²) in [5, 5.41) is 0. The third-order valence-corrected chi connectivity index (χ3v) is 5.66. The lowest BCUT2D eigenvalue weighted by Gasteiger charge is -2.29. The van der Waals surface area contributed by atoms with Crippen molar-refractivity contribution in [2.24, 2.45) is 11.8 Å². The maximum Gasteiger partial charge on any atom is 0.123 e. The summed E-state index contributed by atoms with van der Waals surface area (Å²) >= 11 is 0. The first-order valence-corrected chi connectivity index (χ1v) is 10.9. The third kappa shape index (κ3) is 10.5. The first-order valence-electron chi connectivity index (χ1n) is 10.9. The smallest absolute Gasteiger partial charge is 0.123 e. The van der Waals surface area contributed by atoms with Gasteiger partial charge in [-0.2, -0.15) is 0 Å². The Hall–Kier alpha value is -0.370. The molecule has 3 atom stereocenters. The SMILES string of the molecule is CCCCCCC(C=O)CCOC1CCCC(CCCCCC)C1. The zero-order valence-corrected chi connectivity index (χ0v) is 16.4. The van der Waals surface area contributed by atoms with Crippen LogP contribution in [0.4, 0.5) is 0 Å². The van der Waals surface area contributed by atoms with E-state index in [4.69, 9.17) is 4.74 Å². The van der Waals surface area contributed by atoms with Crippen LogP contribution in [0.3, 0.4) is 0 Å². The van der Waals surface area contributed by atoms with Crippen molar-refractivity contribution >= 4 is 6.29 Å². The molecular weight excluding hydrogens is 296 g/mol. The van der Waals surface area contributed by atoms with Crippen molar-refractivity contribution in [2.75, 3.05) is 6.61 Å². The van der Waals surface area contributed by atoms with E-state index in [2.05, 4.69) is 13.8 Å². The van der Waals surface area contributed by atoms with Crippen LogP contribution >= 0.6 is 0 Å². The second kappa shape index (κ2) is 14.9. The number of hydrogen-bond donors (Lipinski definition) is 0. The summed E-state index contributed by atoms with van der Waals surface area (Å²) in [6.07, 6.45) is 20.7. The maximum atomic E-state index is 11.2. The monoisotopic (exact) mass is 338 g/mol. The van der Waals surface area contributed by atoms with Crippen molar-refractivity contribution in [2.45, 2.75) is 116 Å². The lowest BCUT2D eigenvalue weighted by molar-refractivity contribution is -0.112. The van der Waals surface area contributed by atoms with Crippen LogP contribution in [0.2, 0.25) is 0 Å². The molecule has 0 radical (unpaired) electrons. The minimum absolute atomic E-state index is 0.218. The first kappa shape index (κ1) is 21.7. The molecule has 1 rings (SSSR count). The van der Waals surface area contributed by atoms with Gasteiger partial charge >= 0.3 is 0 Å². The highest BCUT2D eigenvalue weighted by Crippen LogP contribution is 2.30. The van der Waals surface area contributed by atoms with Crippen LogP contribution in [0, 0.1) is 11.8 Å². The summed E-state index contributed by atoms with van der Waals surface area (Å²) in [5.74, 6) is 1.10. The van der Waals surface area contributed by atoms with Crippen LogP contribution in [0.1, 0.15) is 110 Å². The second-order valence-corrected chi connectivity index (χ2v) is 7.91. The van der Waals surface area contributed by atoms with Crippen LogP contribution in [0.25, 0.3) is 0 Å². The Morgan fingerprint density at radius 3 is 2.42 bits per heavy atom. The molecule has 0 amide bonds. The van der Waals surface area contributed by atoms with E-state index in [0.717, 1.165) is 31.7 Å². The van der Waals surface area contributed by atoms with Crippen LogP contribution in [0.5, 0.6) is 0 Å². The van der Waals surface area contributed by atoms with Crippen LogP contribution < -0.4 is 0 Å². The third-order valence-electron chi connectivity index (χ3n) is 5.66. The number of aldehydes is 1. The first-order chi connectivity index (χ1) is 11.8. The molecule has 0 bridgehead atoms. The van der Waals surface area contributed by atoms with Crippen molar-refractivity contribution in [3.63, 3.8) is 0 Å². The van der Waals surface area contributed by atoms with Crippen molar-refractivity contribution in [3.05, 3.63) is 0 Å². The van der Waals surface area contributed by atoms with E-state index in [9.17, 15) is 4.79 Å². The van der Waals surface area contributed by atoms with Crippen LogP contribution in [0.15, 0.2) is 0 Å². The van der Waals surface area contributed by atoms with Gasteiger partial charge in [0.2, 0.25) is 0 Å². The molecule has 1 aliphatic rings. The minimum Gasteiger partial charge on any atom is -0.378 e. The lowest BCUT2D eigenvalue weighted by atomic mass is 9.84. The molecule has 142 valence electrons. The molecule has 0 aromatic heterocycles. The van der Waals surface area contributed by atoms with E-state index in [0.29, 0.717) is 6.10 Å². The van der Waals surface area contributed by atoms with Gasteiger partial charge < -0.3 is 9.53 Å². The number of carbonyl (C=O) groups excluding carboxylic acids is 1. The molecule has 1 aliphatic carbocycles. The van der Waals surface area contributed by atoms with E-state index in [1.54, 1.807) is 0 Å². The zero-order valence-electron chi connectivity index (χ0n) is 16.4. The number of unbranched alkanes of at least 4 members (excludes halogenated alkanes) is 6. The topological polar surface area (TPSA) is 26.3 Å². The Labute approximate surface area is 151 Å². The molecule has 24 heavy (non-hydrogen) atoms. The Balaban J connectivity index is 2.10. The van der Waals surface area contributed by atoms with E-state index in [1.165, 1.54) is 83.5 Å². The zero-order chi connectivity index (χ0) is 17.5. The Kier molecular flexibility index (Phi) is 13.5. The minimum atomic E-state index is 0.218. The molecule has 0 aromatic carbocycles. The van der Waals surface area contributed by atoms with Crippen molar-refractivity contribution in [3.8, 4) is 0 Å². The van der Waals surface area contributed by atoms with Gasteiger partial charge in [-0.3, -0.25) is 0 Å². The van der Waals surface area contributed by atoms with E-state index < -0.39 is 0 Å². The van der Waals surface area contributed by atoms with Crippen LogP contribution in [-0.2, 0) is 9.53 Å². The molecule has 0 spiro atoms. The Bertz CT molecular complexity index is 290. The molecule has 0 aliphatic heterocycles. The summed E-state index contributed by atoms with van der Waals surface area (Å²) in [4.78, 5) is 11.2. The molecule has 0 aromatic rings. The van der Waals surface area contributed by atoms with Gasteiger partial charge in [-0.25, -0.2) is 0 Å². The summed E-state index contributed by atoms with van der Waals surface area (Å²) in [5.41, 5.74) is 0. The average Bonchev–Trinajstić information content (AvgIpc) is 2.61. The van der Waals surface area contributed by atoms with Crippen molar-refractivity contribution < 1.29 is 9.53 Å². The lowest BCUT2D eigenvalue weighted by Crippen LogP contribution is -2.24. The van der Waals surface area contributed by atoms with Gasteiger partial charge in [0.25, 0.3) is 0 Å². The predicted molar refractivity (Wildman–Crippen MR) is 103 cm³/mol. The van der Waals surface area contributed by atoms with E-state index in [1.807, 2.05) is 0 Å². The molecule has 2 nitrogen and oxygen atoms in total. The highest BCUT2D eigenvalue weighted by molar-refractivity contribution is 5.53. The highest BCUT2D eigenvalue weighted by Gasteiger charge is 2.22. The summed E-state index contributed by atoms with van der Waals surface area (Å²) in [6.45, 7) is 5.29. The van der Waals surface area contributed by atoms with Gasteiger partial charge in [-0.1, -0.05) is 84.5 Å². The van der Waals surface area contributed by atoms with Gasteiger partial charge in [0.1, 0.15) is 6.29 Å². The normalized spacial score (nSPS) is 22.4. The fourth-order valence-corrected chi connectivity index (χ4v) is 4.01. The van der Waals surface area contributed by atoms with E-state index >= 15 is 0 Å². The fourth-order valence-electron chi connectivity index (χ4n) is 4.01. The maximum absolute atomic E-state index is 11.2. The van der Waals surface area contributed by atoms with E-state index in [-0.39, 0.29) is 5.92 Å². The van der Waals surface area contributed by atoms with Gasteiger partial charge in [0, 0.05) is 12.5 Å². The van der Waals surface area contributed by atoms with Crippen LogP contribution in [-0.4, -0.2) is 19.0 Å². The molecule has 2 heteroatoms. The van der Waals surface area contributed by atoms with Gasteiger partial charge in [0.15, 0.2) is 0 Å². The van der Waals surface area contributed by atoms with Gasteiger partial charge in [-0.05, 0) is 31.6 Å². The predicted octanol–water partition coefficient (Wildman–Crippen LogP) is 6.71. The second-order valence-electron chi connectivity index (χ2n) is 7.91. The standard InChI is InChI=1S/C22H42O2/c1-3-5-7-9-12-20-14-11-15-22(18-20)24-17-16-21(19-23)13-10-8-6-4-2/h19-22H,3-18H2,1-2H3. The molecule has 0 N–H and O–H groups in total. The quantitative estimate of drug-likeness (QED) is 0.245. The fraction of sp³-hybridized carbons (Fsp3) is 0.955. The van der Waals surface area contributed by atoms with Crippen molar-refractivity contribution in [1.29, 1.82) is 0 Å². The Morgan fingerprint density at radius 2 is 1.71 bits per heavy atom. The number of ether oxygens (including phenoxy) is 1. The highest BCUT2D eigenvalue weighted by atomic mass is 16.5. The number of carbonyl (C=O) groups is 1. The molecule has 1 saturated carbocycles. The molecule has 0 heterocycles. The van der Waals surface area contributed by atoms with Gasteiger partial charge in [-0.15, -0.1) is 0 Å². The molecule has 1 fully saturated rings. The summed E-state index contributed by atoms with van der Waals surface area (Å²) in [7, 11) is 0. The molecule has 0 saturated heterocycles. The molecular formula is C22H42O2. The summed E-state index contributed by atoms with van der Waals surface area (Å²) in [6, 6.07) is 0.